The van der Waals surface area contributed by atoms with Gasteiger partial charge in [0, 0.05) is 12.8 Å². The van der Waals surface area contributed by atoms with E-state index in [9.17, 15) is 13.6 Å². The molecule has 0 radical (unpaired) electrons. The Morgan fingerprint density at radius 2 is 2.10 bits per heavy atom. The highest BCUT2D eigenvalue weighted by Crippen LogP contribution is 2.42. The minimum absolute atomic E-state index is 0.348. The zero-order valence-corrected chi connectivity index (χ0v) is 5.56. The summed E-state index contributed by atoms with van der Waals surface area (Å²) in [5.74, 6) is -3.72. The van der Waals surface area contributed by atoms with Crippen molar-refractivity contribution in [2.45, 2.75) is 18.8 Å². The third-order valence-corrected chi connectivity index (χ3v) is 1.62. The van der Waals surface area contributed by atoms with Gasteiger partial charge >= 0.3 is 5.97 Å². The Hall–Kier alpha value is -0.670. The van der Waals surface area contributed by atoms with Crippen LogP contribution in [0.4, 0.5) is 8.78 Å². The predicted molar refractivity (Wildman–Crippen MR) is 29.7 cm³/mol. The molecule has 2 nitrogen and oxygen atoms in total. The molecule has 0 N–H and O–H groups in total. The van der Waals surface area contributed by atoms with Gasteiger partial charge < -0.3 is 4.74 Å². The summed E-state index contributed by atoms with van der Waals surface area (Å²) in [7, 11) is 1.21. The van der Waals surface area contributed by atoms with Crippen molar-refractivity contribution in [3.63, 3.8) is 0 Å². The van der Waals surface area contributed by atoms with E-state index in [0.717, 1.165) is 0 Å². The van der Waals surface area contributed by atoms with Crippen LogP contribution < -0.4 is 0 Å². The van der Waals surface area contributed by atoms with Crippen molar-refractivity contribution in [3.05, 3.63) is 0 Å². The fourth-order valence-corrected chi connectivity index (χ4v) is 0.995. The first-order valence-corrected chi connectivity index (χ1v) is 3.01. The van der Waals surface area contributed by atoms with Crippen LogP contribution in [0, 0.1) is 5.92 Å². The summed E-state index contributed by atoms with van der Waals surface area (Å²) in [4.78, 5) is 10.5. The zero-order valence-electron chi connectivity index (χ0n) is 5.56. The maximum Gasteiger partial charge on any atom is 0.309 e. The van der Waals surface area contributed by atoms with E-state index in [2.05, 4.69) is 4.74 Å². The molecule has 0 saturated heterocycles. The lowest BCUT2D eigenvalue weighted by atomic mass is 9.81. The highest BCUT2D eigenvalue weighted by molar-refractivity contribution is 5.73. The molecule has 10 heavy (non-hydrogen) atoms. The number of ether oxygens (including phenoxy) is 1. The number of alkyl halides is 2. The summed E-state index contributed by atoms with van der Waals surface area (Å²) >= 11 is 0. The quantitative estimate of drug-likeness (QED) is 0.525. The van der Waals surface area contributed by atoms with Gasteiger partial charge in [0.15, 0.2) is 0 Å². The van der Waals surface area contributed by atoms with Crippen molar-refractivity contribution in [1.82, 2.24) is 0 Å². The van der Waals surface area contributed by atoms with Crippen LogP contribution in [0.25, 0.3) is 0 Å². The Labute approximate surface area is 57.2 Å². The van der Waals surface area contributed by atoms with Crippen molar-refractivity contribution in [2.75, 3.05) is 7.11 Å². The lowest BCUT2D eigenvalue weighted by Gasteiger charge is -2.32. The van der Waals surface area contributed by atoms with Gasteiger partial charge in [-0.05, 0) is 0 Å². The lowest BCUT2D eigenvalue weighted by Crippen LogP contribution is -2.40. The maximum atomic E-state index is 12.1. The summed E-state index contributed by atoms with van der Waals surface area (Å²) in [6.07, 6.45) is -0.695. The molecule has 1 aliphatic rings. The molecule has 1 fully saturated rings. The molecule has 0 aromatic heterocycles. The van der Waals surface area contributed by atoms with Crippen molar-refractivity contribution >= 4 is 5.97 Å². The molecule has 0 unspecified atom stereocenters. The molecule has 1 rings (SSSR count). The Morgan fingerprint density at radius 1 is 1.60 bits per heavy atom. The molecule has 1 saturated carbocycles. The van der Waals surface area contributed by atoms with Crippen LogP contribution in [0.1, 0.15) is 12.8 Å². The van der Waals surface area contributed by atoms with Crippen LogP contribution in [-0.2, 0) is 9.53 Å². The van der Waals surface area contributed by atoms with E-state index < -0.39 is 17.8 Å². The van der Waals surface area contributed by atoms with Gasteiger partial charge in [-0.1, -0.05) is 0 Å². The largest absolute Gasteiger partial charge is 0.469 e. The second kappa shape index (κ2) is 2.18. The number of hydrogen-bond acceptors (Lipinski definition) is 2. The molecular formula is C6H8F2O2. The second-order valence-corrected chi connectivity index (χ2v) is 2.48. The topological polar surface area (TPSA) is 26.3 Å². The summed E-state index contributed by atoms with van der Waals surface area (Å²) in [5.41, 5.74) is 0. The first kappa shape index (κ1) is 7.44. The predicted octanol–water partition coefficient (Wildman–Crippen LogP) is 1.20. The molecular weight excluding hydrogens is 142 g/mol. The van der Waals surface area contributed by atoms with Crippen molar-refractivity contribution in [3.8, 4) is 0 Å². The molecule has 0 heterocycles. The number of rotatable bonds is 1. The average molecular weight is 150 g/mol. The average Bonchev–Trinajstić information content (AvgIpc) is 1.81. The van der Waals surface area contributed by atoms with Crippen molar-refractivity contribution in [2.24, 2.45) is 5.92 Å². The van der Waals surface area contributed by atoms with E-state index in [4.69, 9.17) is 0 Å². The molecule has 0 aromatic carbocycles. The fourth-order valence-electron chi connectivity index (χ4n) is 0.995. The smallest absolute Gasteiger partial charge is 0.309 e. The third kappa shape index (κ3) is 1.25. The summed E-state index contributed by atoms with van der Waals surface area (Å²) < 4.78 is 28.4. The maximum absolute atomic E-state index is 12.1. The molecule has 58 valence electrons. The SMILES string of the molecule is COC(=O)C1CC(F)(F)C1. The monoisotopic (exact) mass is 150 g/mol. The van der Waals surface area contributed by atoms with Crippen LogP contribution in [0.15, 0.2) is 0 Å². The molecule has 0 atom stereocenters. The minimum Gasteiger partial charge on any atom is -0.469 e. The molecule has 4 heteroatoms. The van der Waals surface area contributed by atoms with Gasteiger partial charge in [0.25, 0.3) is 0 Å². The summed E-state index contributed by atoms with van der Waals surface area (Å²) in [6.45, 7) is 0. The molecule has 0 bridgehead atoms. The van der Waals surface area contributed by atoms with E-state index in [1.807, 2.05) is 0 Å². The van der Waals surface area contributed by atoms with E-state index in [1.165, 1.54) is 7.11 Å². The normalized spacial score (nSPS) is 23.5. The number of methoxy groups -OCH3 is 1. The van der Waals surface area contributed by atoms with Crippen LogP contribution in [0.5, 0.6) is 0 Å². The van der Waals surface area contributed by atoms with Gasteiger partial charge in [0.1, 0.15) is 0 Å². The zero-order chi connectivity index (χ0) is 7.78. The highest BCUT2D eigenvalue weighted by atomic mass is 19.3. The van der Waals surface area contributed by atoms with Gasteiger partial charge in [-0.25, -0.2) is 8.78 Å². The van der Waals surface area contributed by atoms with Gasteiger partial charge in [0.2, 0.25) is 5.92 Å². The van der Waals surface area contributed by atoms with Crippen LogP contribution in [0.3, 0.4) is 0 Å². The van der Waals surface area contributed by atoms with Crippen LogP contribution in [0.2, 0.25) is 0 Å². The summed E-state index contributed by atoms with van der Waals surface area (Å²) in [5, 5.41) is 0. The number of halogens is 2. The van der Waals surface area contributed by atoms with Crippen molar-refractivity contribution < 1.29 is 18.3 Å². The molecule has 1 aliphatic carbocycles. The Bertz CT molecular complexity index is 148. The van der Waals surface area contributed by atoms with E-state index in [-0.39, 0.29) is 12.8 Å². The number of hydrogen-bond donors (Lipinski definition) is 0. The summed E-state index contributed by atoms with van der Waals surface area (Å²) in [6, 6.07) is 0. The van der Waals surface area contributed by atoms with E-state index in [1.54, 1.807) is 0 Å². The fraction of sp³-hybridized carbons (Fsp3) is 0.833. The van der Waals surface area contributed by atoms with Crippen molar-refractivity contribution in [1.29, 1.82) is 0 Å². The molecule has 0 aromatic rings. The third-order valence-electron chi connectivity index (χ3n) is 1.62. The van der Waals surface area contributed by atoms with E-state index >= 15 is 0 Å². The Kier molecular flexibility index (Phi) is 1.62. The van der Waals surface area contributed by atoms with Gasteiger partial charge in [-0.3, -0.25) is 4.79 Å². The second-order valence-electron chi connectivity index (χ2n) is 2.48. The Morgan fingerprint density at radius 3 is 2.40 bits per heavy atom. The number of carbonyl (C=O) groups excluding carboxylic acids is 1. The molecule has 0 aliphatic heterocycles. The molecule has 0 spiro atoms. The number of esters is 1. The van der Waals surface area contributed by atoms with E-state index in [0.29, 0.717) is 0 Å². The number of carbonyl (C=O) groups is 1. The first-order valence-electron chi connectivity index (χ1n) is 3.01. The van der Waals surface area contributed by atoms with Crippen LogP contribution >= 0.6 is 0 Å². The van der Waals surface area contributed by atoms with Gasteiger partial charge in [0.05, 0.1) is 13.0 Å². The highest BCUT2D eigenvalue weighted by Gasteiger charge is 2.49. The lowest BCUT2D eigenvalue weighted by molar-refractivity contribution is -0.169. The van der Waals surface area contributed by atoms with Crippen LogP contribution in [-0.4, -0.2) is 19.0 Å². The van der Waals surface area contributed by atoms with Gasteiger partial charge in [-0.2, -0.15) is 0 Å². The standard InChI is InChI=1S/C6H8F2O2/c1-10-5(9)4-2-6(7,8)3-4/h4H,2-3H2,1H3. The first-order chi connectivity index (χ1) is 4.55. The molecule has 0 amide bonds. The minimum atomic E-state index is -2.63. The Balaban J connectivity index is 2.33. The van der Waals surface area contributed by atoms with Gasteiger partial charge in [-0.15, -0.1) is 0 Å².